The summed E-state index contributed by atoms with van der Waals surface area (Å²) in [5.74, 6) is 0.846. The summed E-state index contributed by atoms with van der Waals surface area (Å²) in [6, 6.07) is 18.7. The molecule has 0 spiro atoms. The molecule has 0 atom stereocenters. The van der Waals surface area contributed by atoms with E-state index in [-0.39, 0.29) is 12.4 Å². The molecule has 33 heavy (non-hydrogen) atoms. The molecule has 0 fully saturated rings. The highest BCUT2D eigenvalue weighted by Crippen LogP contribution is 2.31. The Morgan fingerprint density at radius 2 is 1.70 bits per heavy atom. The number of ether oxygens (including phenoxy) is 1. The van der Waals surface area contributed by atoms with Gasteiger partial charge in [0.1, 0.15) is 11.4 Å². The maximum atomic E-state index is 5.34. The van der Waals surface area contributed by atoms with Gasteiger partial charge in [-0.3, -0.25) is 0 Å². The van der Waals surface area contributed by atoms with Crippen LogP contribution in [0, 0.1) is 13.8 Å². The van der Waals surface area contributed by atoms with Gasteiger partial charge in [-0.05, 0) is 83.9 Å². The number of rotatable bonds is 8. The molecule has 2 aromatic carbocycles. The first-order valence-corrected chi connectivity index (χ1v) is 11.4. The lowest BCUT2D eigenvalue weighted by Gasteiger charge is -2.24. The Morgan fingerprint density at radius 3 is 2.33 bits per heavy atom. The molecule has 2 aromatic heterocycles. The van der Waals surface area contributed by atoms with E-state index in [9.17, 15) is 0 Å². The largest absolute Gasteiger partial charge is 0.497 e. The van der Waals surface area contributed by atoms with Gasteiger partial charge in [0, 0.05) is 28.9 Å². The minimum absolute atomic E-state index is 0. The molecule has 4 aromatic rings. The van der Waals surface area contributed by atoms with Gasteiger partial charge in [0.15, 0.2) is 18.9 Å². The third-order valence-corrected chi connectivity index (χ3v) is 5.91. The second kappa shape index (κ2) is 11.5. The third-order valence-electron chi connectivity index (χ3n) is 5.22. The van der Waals surface area contributed by atoms with Crippen molar-refractivity contribution in [2.24, 2.45) is 10.2 Å². The van der Waals surface area contributed by atoms with Crippen LogP contribution in [0.4, 0.5) is 22.2 Å². The Bertz CT molecular complexity index is 1180. The van der Waals surface area contributed by atoms with Crippen LogP contribution in [0.2, 0.25) is 0 Å². The number of H-pyrrole nitrogens is 1. The summed E-state index contributed by atoms with van der Waals surface area (Å²) >= 11 is 1.52. The van der Waals surface area contributed by atoms with Gasteiger partial charge in [0.2, 0.25) is 0 Å². The number of aromatic nitrogens is 2. The number of pyridine rings is 1. The van der Waals surface area contributed by atoms with Gasteiger partial charge in [0.25, 0.3) is 0 Å². The molecule has 170 valence electrons. The monoisotopic (exact) mass is 481 g/mol. The predicted molar refractivity (Wildman–Crippen MR) is 135 cm³/mol. The highest BCUT2D eigenvalue weighted by atomic mass is 35.5. The number of nitrogens with one attached hydrogen (secondary N) is 1. The zero-order valence-corrected chi connectivity index (χ0v) is 20.6. The van der Waals surface area contributed by atoms with Crippen molar-refractivity contribution in [1.82, 2.24) is 0 Å². The quantitative estimate of drug-likeness (QED) is 0.224. The van der Waals surface area contributed by atoms with Crippen LogP contribution in [0.3, 0.4) is 0 Å². The summed E-state index contributed by atoms with van der Waals surface area (Å²) in [7, 11) is 1.69. The van der Waals surface area contributed by atoms with E-state index in [4.69, 9.17) is 4.74 Å². The average Bonchev–Trinajstić information content (AvgIpc) is 3.34. The lowest BCUT2D eigenvalue weighted by atomic mass is 10.1. The summed E-state index contributed by atoms with van der Waals surface area (Å²) in [6.07, 6.45) is 6.10. The van der Waals surface area contributed by atoms with E-state index in [1.807, 2.05) is 29.8 Å². The van der Waals surface area contributed by atoms with Crippen LogP contribution in [0.1, 0.15) is 11.1 Å². The van der Waals surface area contributed by atoms with Crippen molar-refractivity contribution in [3.8, 4) is 5.75 Å². The van der Waals surface area contributed by atoms with Crippen LogP contribution in [0.5, 0.6) is 5.75 Å². The van der Waals surface area contributed by atoms with Crippen molar-refractivity contribution in [2.75, 3.05) is 18.6 Å². The maximum Gasteiger partial charge on any atom is 0.406 e. The summed E-state index contributed by atoms with van der Waals surface area (Å²) in [4.78, 5) is 5.37. The van der Waals surface area contributed by atoms with E-state index in [0.717, 1.165) is 46.6 Å². The van der Waals surface area contributed by atoms with Crippen LogP contribution >= 0.6 is 23.7 Å². The van der Waals surface area contributed by atoms with Crippen molar-refractivity contribution >= 4 is 45.9 Å². The van der Waals surface area contributed by atoms with E-state index in [1.54, 1.807) is 7.11 Å². The molecule has 0 bridgehead atoms. The SMILES string of the molecule is COc1ccc(N(CC[n+]2ccc(C)cc2)c2ccc(N=Nc3[nH+]ccs3)c(C)c2)cc1.Cl. The first-order chi connectivity index (χ1) is 15.6. The molecular weight excluding hydrogens is 454 g/mol. The third kappa shape index (κ3) is 6.37. The van der Waals surface area contributed by atoms with Crippen LogP contribution < -0.4 is 19.2 Å². The van der Waals surface area contributed by atoms with E-state index in [2.05, 4.69) is 87.3 Å². The molecule has 0 saturated carbocycles. The maximum absolute atomic E-state index is 5.34. The molecule has 8 heteroatoms. The Hall–Kier alpha value is -3.29. The Labute approximate surface area is 204 Å². The first-order valence-electron chi connectivity index (χ1n) is 10.5. The second-order valence-electron chi connectivity index (χ2n) is 7.50. The number of anilines is 2. The van der Waals surface area contributed by atoms with Gasteiger partial charge in [-0.2, -0.15) is 0 Å². The first kappa shape index (κ1) is 24.4. The Morgan fingerprint density at radius 1 is 0.970 bits per heavy atom. The molecule has 0 amide bonds. The average molecular weight is 482 g/mol. The number of benzene rings is 2. The van der Waals surface area contributed by atoms with E-state index in [0.29, 0.717) is 0 Å². The molecular formula is C25H28ClN5OS+2. The Balaban J connectivity index is 0.00000306. The number of hydrogen-bond acceptors (Lipinski definition) is 5. The summed E-state index contributed by atoms with van der Waals surface area (Å²) in [6.45, 7) is 5.86. The molecule has 0 radical (unpaired) electrons. The molecule has 0 saturated heterocycles. The fourth-order valence-electron chi connectivity index (χ4n) is 3.38. The van der Waals surface area contributed by atoms with Gasteiger partial charge in [-0.1, -0.05) is 0 Å². The summed E-state index contributed by atoms with van der Waals surface area (Å²) < 4.78 is 7.55. The van der Waals surface area contributed by atoms with Gasteiger partial charge in [0.05, 0.1) is 25.0 Å². The number of halogens is 1. The van der Waals surface area contributed by atoms with E-state index < -0.39 is 0 Å². The number of hydrogen-bond donors (Lipinski definition) is 0. The zero-order valence-electron chi connectivity index (χ0n) is 18.9. The molecule has 0 aliphatic rings. The standard InChI is InChI=1S/C25H26N5OS.ClH/c1-19-10-13-29(14-11-19)15-16-30(21-4-7-23(31-3)8-5-21)22-6-9-24(20(2)18-22)27-28-25-26-12-17-32-25;/h4-14,17-18H,15-16H2,1-3H3;1H/q+1;/p+1. The zero-order chi connectivity index (χ0) is 22.3. The Kier molecular flexibility index (Phi) is 8.52. The van der Waals surface area contributed by atoms with Crippen LogP contribution in [-0.4, -0.2) is 13.7 Å². The molecule has 1 N–H and O–H groups in total. The van der Waals surface area contributed by atoms with Gasteiger partial charge >= 0.3 is 5.13 Å². The molecule has 0 unspecified atom stereocenters. The van der Waals surface area contributed by atoms with Crippen molar-refractivity contribution in [3.05, 3.63) is 89.7 Å². The van der Waals surface area contributed by atoms with Crippen LogP contribution in [0.15, 0.2) is 88.8 Å². The highest BCUT2D eigenvalue weighted by molar-refractivity contribution is 7.12. The van der Waals surface area contributed by atoms with Crippen molar-refractivity contribution in [3.63, 3.8) is 0 Å². The molecule has 0 aliphatic heterocycles. The number of azo groups is 1. The van der Waals surface area contributed by atoms with Crippen molar-refractivity contribution in [2.45, 2.75) is 20.4 Å². The second-order valence-corrected chi connectivity index (χ2v) is 8.40. The van der Waals surface area contributed by atoms with Gasteiger partial charge < -0.3 is 9.64 Å². The van der Waals surface area contributed by atoms with Gasteiger partial charge in [-0.25, -0.2) is 9.55 Å². The minimum atomic E-state index is 0. The predicted octanol–water partition coefficient (Wildman–Crippen LogP) is 6.15. The molecule has 6 nitrogen and oxygen atoms in total. The van der Waals surface area contributed by atoms with Crippen molar-refractivity contribution in [1.29, 1.82) is 0 Å². The number of aromatic amines is 1. The van der Waals surface area contributed by atoms with Crippen molar-refractivity contribution < 1.29 is 14.3 Å². The van der Waals surface area contributed by atoms with Gasteiger partial charge in [-0.15, -0.1) is 12.4 Å². The van der Waals surface area contributed by atoms with E-state index in [1.165, 1.54) is 16.9 Å². The number of nitrogens with zero attached hydrogens (tertiary/aromatic N) is 4. The van der Waals surface area contributed by atoms with Crippen LogP contribution in [-0.2, 0) is 6.54 Å². The van der Waals surface area contributed by atoms with E-state index >= 15 is 0 Å². The fourth-order valence-corrected chi connectivity index (χ4v) is 3.86. The topological polar surface area (TPSA) is 55.2 Å². The molecule has 0 aliphatic carbocycles. The normalized spacial score (nSPS) is 10.8. The summed E-state index contributed by atoms with van der Waals surface area (Å²) in [5.41, 5.74) is 5.42. The number of aryl methyl sites for hydroxylation is 2. The lowest BCUT2D eigenvalue weighted by Crippen LogP contribution is -2.38. The number of thiazole rings is 1. The summed E-state index contributed by atoms with van der Waals surface area (Å²) in [5, 5.41) is 11.4. The van der Waals surface area contributed by atoms with Crippen LogP contribution in [0.25, 0.3) is 0 Å². The molecule has 2 heterocycles. The molecule has 4 rings (SSSR count). The number of methoxy groups -OCH3 is 1. The smallest absolute Gasteiger partial charge is 0.406 e. The minimum Gasteiger partial charge on any atom is -0.497 e. The lowest BCUT2D eigenvalue weighted by molar-refractivity contribution is -0.694. The highest BCUT2D eigenvalue weighted by Gasteiger charge is 2.14. The fraction of sp³-hybridized carbons (Fsp3) is 0.200.